The first kappa shape index (κ1) is 15.3. The lowest BCUT2D eigenvalue weighted by atomic mass is 9.98. The number of benzene rings is 1. The van der Waals surface area contributed by atoms with Crippen LogP contribution in [0.5, 0.6) is 0 Å². The van der Waals surface area contributed by atoms with Crippen LogP contribution in [0.2, 0.25) is 0 Å². The van der Waals surface area contributed by atoms with Gasteiger partial charge < -0.3 is 15.5 Å². The second kappa shape index (κ2) is 6.10. The van der Waals surface area contributed by atoms with E-state index in [1.54, 1.807) is 6.07 Å². The van der Waals surface area contributed by atoms with E-state index in [9.17, 15) is 4.39 Å². The molecular formula is C16H26FN3. The molecule has 4 heteroatoms. The average molecular weight is 279 g/mol. The predicted molar refractivity (Wildman–Crippen MR) is 82.7 cm³/mol. The normalized spacial score (nSPS) is 18.6. The van der Waals surface area contributed by atoms with Gasteiger partial charge in [0.15, 0.2) is 0 Å². The summed E-state index contributed by atoms with van der Waals surface area (Å²) in [4.78, 5) is 4.64. The smallest absolute Gasteiger partial charge is 0.126 e. The third-order valence-corrected chi connectivity index (χ3v) is 4.33. The fraction of sp³-hybridized carbons (Fsp3) is 0.625. The summed E-state index contributed by atoms with van der Waals surface area (Å²) in [5, 5.41) is 0. The van der Waals surface area contributed by atoms with Crippen molar-refractivity contribution in [3.63, 3.8) is 0 Å². The Morgan fingerprint density at radius 1 is 1.30 bits per heavy atom. The first-order valence-corrected chi connectivity index (χ1v) is 7.37. The summed E-state index contributed by atoms with van der Waals surface area (Å²) >= 11 is 0. The largest absolute Gasteiger partial charge is 0.371 e. The van der Waals surface area contributed by atoms with Crippen molar-refractivity contribution in [2.75, 3.05) is 32.1 Å². The third-order valence-electron chi connectivity index (χ3n) is 4.33. The van der Waals surface area contributed by atoms with Gasteiger partial charge in [-0.25, -0.2) is 4.39 Å². The number of aryl methyl sites for hydroxylation is 1. The van der Waals surface area contributed by atoms with E-state index in [1.165, 1.54) is 0 Å². The molecule has 1 fully saturated rings. The van der Waals surface area contributed by atoms with Crippen molar-refractivity contribution in [1.82, 2.24) is 4.90 Å². The Bertz CT molecular complexity index is 463. The molecule has 1 aromatic rings. The summed E-state index contributed by atoms with van der Waals surface area (Å²) in [7, 11) is 4.27. The van der Waals surface area contributed by atoms with Crippen LogP contribution in [0, 0.1) is 12.7 Å². The molecule has 1 aliphatic heterocycles. The number of piperidine rings is 1. The number of nitrogens with zero attached hydrogens (tertiary/aromatic N) is 2. The number of halogens is 1. The lowest BCUT2D eigenvalue weighted by Crippen LogP contribution is -2.42. The number of hydrogen-bond donors (Lipinski definition) is 1. The molecule has 3 nitrogen and oxygen atoms in total. The van der Waals surface area contributed by atoms with Gasteiger partial charge in [-0.15, -0.1) is 0 Å². The van der Waals surface area contributed by atoms with Gasteiger partial charge in [-0.1, -0.05) is 0 Å². The number of nitrogens with two attached hydrogens (primary N) is 1. The van der Waals surface area contributed by atoms with Gasteiger partial charge in [0.1, 0.15) is 5.82 Å². The van der Waals surface area contributed by atoms with Crippen LogP contribution in [0.1, 0.15) is 36.9 Å². The van der Waals surface area contributed by atoms with E-state index in [1.807, 2.05) is 19.9 Å². The molecule has 0 unspecified atom stereocenters. The van der Waals surface area contributed by atoms with Crippen LogP contribution in [-0.4, -0.2) is 38.1 Å². The maximum atomic E-state index is 13.8. The predicted octanol–water partition coefficient (Wildman–Crippen LogP) is 2.68. The minimum atomic E-state index is -0.163. The first-order valence-electron chi connectivity index (χ1n) is 7.37. The Kier molecular flexibility index (Phi) is 4.66. The van der Waals surface area contributed by atoms with Crippen LogP contribution in [0.25, 0.3) is 0 Å². The highest BCUT2D eigenvalue weighted by Crippen LogP contribution is 2.30. The van der Waals surface area contributed by atoms with Crippen LogP contribution in [-0.2, 0) is 0 Å². The van der Waals surface area contributed by atoms with Crippen molar-refractivity contribution in [3.8, 4) is 0 Å². The van der Waals surface area contributed by atoms with Crippen molar-refractivity contribution in [2.24, 2.45) is 5.73 Å². The number of rotatable bonds is 3. The van der Waals surface area contributed by atoms with Crippen LogP contribution >= 0.6 is 0 Å². The minimum Gasteiger partial charge on any atom is -0.371 e. The van der Waals surface area contributed by atoms with Gasteiger partial charge in [-0.3, -0.25) is 0 Å². The molecule has 2 rings (SSSR count). The quantitative estimate of drug-likeness (QED) is 0.923. The van der Waals surface area contributed by atoms with Crippen LogP contribution in [0.15, 0.2) is 12.1 Å². The Morgan fingerprint density at radius 3 is 2.40 bits per heavy atom. The summed E-state index contributed by atoms with van der Waals surface area (Å²) in [6, 6.07) is 4.05. The maximum absolute atomic E-state index is 13.8. The van der Waals surface area contributed by atoms with Crippen molar-refractivity contribution in [2.45, 2.75) is 38.8 Å². The molecule has 0 saturated carbocycles. The van der Waals surface area contributed by atoms with Crippen molar-refractivity contribution < 1.29 is 4.39 Å². The zero-order chi connectivity index (χ0) is 14.9. The van der Waals surface area contributed by atoms with E-state index >= 15 is 0 Å². The molecule has 0 bridgehead atoms. The summed E-state index contributed by atoms with van der Waals surface area (Å²) in [5.41, 5.74) is 8.73. The monoisotopic (exact) mass is 279 g/mol. The first-order chi connectivity index (χ1) is 9.40. The van der Waals surface area contributed by atoms with Gasteiger partial charge in [0.25, 0.3) is 0 Å². The lowest BCUT2D eigenvalue weighted by molar-refractivity contribution is 0.249. The Hall–Kier alpha value is -1.13. The molecule has 0 spiro atoms. The van der Waals surface area contributed by atoms with Crippen LogP contribution < -0.4 is 10.6 Å². The standard InChI is InChI=1S/C16H26FN3/c1-11-9-16(14(12(2)18)10-15(11)17)20-7-5-13(6-8-20)19(3)4/h9-10,12-13H,5-8,18H2,1-4H3/t12-/m0/s1. The summed E-state index contributed by atoms with van der Waals surface area (Å²) in [5.74, 6) is -0.163. The molecule has 0 aliphatic carbocycles. The molecule has 2 N–H and O–H groups in total. The molecule has 1 atom stereocenters. The Morgan fingerprint density at radius 2 is 1.90 bits per heavy atom. The summed E-state index contributed by atoms with van der Waals surface area (Å²) in [6.45, 7) is 5.75. The Balaban J connectivity index is 2.23. The topological polar surface area (TPSA) is 32.5 Å². The van der Waals surface area contributed by atoms with Gasteiger partial charge >= 0.3 is 0 Å². The highest BCUT2D eigenvalue weighted by Gasteiger charge is 2.23. The molecule has 0 amide bonds. The average Bonchev–Trinajstić information content (AvgIpc) is 2.41. The number of hydrogen-bond acceptors (Lipinski definition) is 3. The minimum absolute atomic E-state index is 0.147. The highest BCUT2D eigenvalue weighted by molar-refractivity contribution is 5.57. The van der Waals surface area contributed by atoms with E-state index in [-0.39, 0.29) is 11.9 Å². The zero-order valence-electron chi connectivity index (χ0n) is 13.0. The molecule has 1 aromatic carbocycles. The van der Waals surface area contributed by atoms with Gasteiger partial charge in [0.2, 0.25) is 0 Å². The van der Waals surface area contributed by atoms with Crippen molar-refractivity contribution >= 4 is 5.69 Å². The van der Waals surface area contributed by atoms with E-state index in [2.05, 4.69) is 23.9 Å². The molecule has 1 heterocycles. The molecule has 112 valence electrons. The molecule has 1 aliphatic rings. The molecule has 1 saturated heterocycles. The van der Waals surface area contributed by atoms with E-state index < -0.39 is 0 Å². The van der Waals surface area contributed by atoms with Crippen LogP contribution in [0.4, 0.5) is 10.1 Å². The maximum Gasteiger partial charge on any atom is 0.126 e. The number of anilines is 1. The second-order valence-corrected chi connectivity index (χ2v) is 6.13. The van der Waals surface area contributed by atoms with Gasteiger partial charge in [0, 0.05) is 30.9 Å². The highest BCUT2D eigenvalue weighted by atomic mass is 19.1. The van der Waals surface area contributed by atoms with Gasteiger partial charge in [-0.05, 0) is 64.0 Å². The molecule has 0 aromatic heterocycles. The van der Waals surface area contributed by atoms with E-state index in [0.29, 0.717) is 11.6 Å². The van der Waals surface area contributed by atoms with Crippen LogP contribution in [0.3, 0.4) is 0 Å². The van der Waals surface area contributed by atoms with Crippen molar-refractivity contribution in [3.05, 3.63) is 29.1 Å². The Labute approximate surface area is 121 Å². The zero-order valence-corrected chi connectivity index (χ0v) is 13.0. The van der Waals surface area contributed by atoms with E-state index in [4.69, 9.17) is 5.73 Å². The van der Waals surface area contributed by atoms with Crippen molar-refractivity contribution in [1.29, 1.82) is 0 Å². The molecule has 0 radical (unpaired) electrons. The lowest BCUT2D eigenvalue weighted by Gasteiger charge is -2.38. The third kappa shape index (κ3) is 3.13. The van der Waals surface area contributed by atoms with Gasteiger partial charge in [-0.2, -0.15) is 0 Å². The fourth-order valence-corrected chi connectivity index (χ4v) is 2.94. The SMILES string of the molecule is Cc1cc(N2CCC(N(C)C)CC2)c([C@H](C)N)cc1F. The fourth-order valence-electron chi connectivity index (χ4n) is 2.94. The summed E-state index contributed by atoms with van der Waals surface area (Å²) in [6.07, 6.45) is 2.28. The van der Waals surface area contributed by atoms with E-state index in [0.717, 1.165) is 37.2 Å². The summed E-state index contributed by atoms with van der Waals surface area (Å²) < 4.78 is 13.8. The van der Waals surface area contributed by atoms with Gasteiger partial charge in [0.05, 0.1) is 0 Å². The molecule has 20 heavy (non-hydrogen) atoms. The molecular weight excluding hydrogens is 253 g/mol. The second-order valence-electron chi connectivity index (χ2n) is 6.13.